The van der Waals surface area contributed by atoms with Crippen LogP contribution in [-0.4, -0.2) is 21.1 Å². The van der Waals surface area contributed by atoms with E-state index in [4.69, 9.17) is 4.42 Å². The summed E-state index contributed by atoms with van der Waals surface area (Å²) in [4.78, 5) is 4.42. The molecule has 0 radical (unpaired) electrons. The first-order valence-electron chi connectivity index (χ1n) is 7.93. The van der Waals surface area contributed by atoms with Crippen LogP contribution in [0.1, 0.15) is 19.8 Å². The topological polar surface area (TPSA) is 55.4 Å². The Morgan fingerprint density at radius 3 is 2.96 bits per heavy atom. The van der Waals surface area contributed by atoms with E-state index in [1.54, 1.807) is 6.20 Å². The quantitative estimate of drug-likeness (QED) is 0.557. The first kappa shape index (κ1) is 13.8. The van der Waals surface area contributed by atoms with Gasteiger partial charge < -0.3 is 9.73 Å². The van der Waals surface area contributed by atoms with Crippen LogP contribution in [0.5, 0.6) is 0 Å². The predicted octanol–water partition coefficient (Wildman–Crippen LogP) is 4.35. The van der Waals surface area contributed by atoms with E-state index in [1.807, 2.05) is 47.0 Å². The van der Waals surface area contributed by atoms with Gasteiger partial charge in [-0.2, -0.15) is 0 Å². The summed E-state index contributed by atoms with van der Waals surface area (Å²) in [5, 5.41) is 9.06. The summed E-state index contributed by atoms with van der Waals surface area (Å²) in [6, 6.07) is 13.9. The highest BCUT2D eigenvalue weighted by atomic mass is 16.3. The molecule has 0 saturated heterocycles. The summed E-state index contributed by atoms with van der Waals surface area (Å²) >= 11 is 0. The molecule has 0 aliphatic heterocycles. The normalized spacial score (nSPS) is 11.3. The van der Waals surface area contributed by atoms with Crippen LogP contribution in [0.3, 0.4) is 0 Å². The lowest BCUT2D eigenvalue weighted by Crippen LogP contribution is -2.05. The van der Waals surface area contributed by atoms with Gasteiger partial charge in [0.1, 0.15) is 17.1 Å². The maximum absolute atomic E-state index is 5.94. The molecule has 5 heteroatoms. The van der Waals surface area contributed by atoms with E-state index in [1.165, 1.54) is 0 Å². The smallest absolute Gasteiger partial charge is 0.155 e. The van der Waals surface area contributed by atoms with Gasteiger partial charge >= 0.3 is 0 Å². The number of anilines is 1. The third kappa shape index (κ3) is 2.54. The average Bonchev–Trinajstić information content (AvgIpc) is 3.18. The molecule has 0 unspecified atom stereocenters. The minimum atomic E-state index is 0.775. The maximum Gasteiger partial charge on any atom is 0.155 e. The fourth-order valence-corrected chi connectivity index (χ4v) is 2.64. The molecule has 1 N–H and O–H groups in total. The number of imidazole rings is 1. The number of benzene rings is 1. The number of fused-ring (bicyclic) bond motifs is 2. The third-order valence-electron chi connectivity index (χ3n) is 3.88. The van der Waals surface area contributed by atoms with Crippen molar-refractivity contribution >= 4 is 22.4 Å². The Balaban J connectivity index is 1.75. The number of para-hydroxylation sites is 1. The number of hydrogen-bond donors (Lipinski definition) is 1. The molecule has 0 amide bonds. The van der Waals surface area contributed by atoms with Crippen LogP contribution in [0.4, 0.5) is 5.82 Å². The van der Waals surface area contributed by atoms with E-state index < -0.39 is 0 Å². The van der Waals surface area contributed by atoms with Crippen molar-refractivity contribution in [2.24, 2.45) is 0 Å². The predicted molar refractivity (Wildman–Crippen MR) is 91.6 cm³/mol. The van der Waals surface area contributed by atoms with E-state index in [0.717, 1.165) is 53.3 Å². The number of nitrogens with one attached hydrogen (secondary N) is 1. The molecule has 0 fully saturated rings. The Bertz CT molecular complexity index is 921. The van der Waals surface area contributed by atoms with E-state index in [-0.39, 0.29) is 0 Å². The Morgan fingerprint density at radius 1 is 1.17 bits per heavy atom. The highest BCUT2D eigenvalue weighted by Gasteiger charge is 2.12. The van der Waals surface area contributed by atoms with Crippen LogP contribution in [0.15, 0.2) is 53.1 Å². The van der Waals surface area contributed by atoms with Crippen molar-refractivity contribution < 1.29 is 4.42 Å². The molecule has 0 bridgehead atoms. The molecule has 1 aromatic carbocycles. The molecule has 0 saturated carbocycles. The molecule has 3 aromatic heterocycles. The molecular weight excluding hydrogens is 288 g/mol. The number of rotatable bonds is 5. The first-order valence-corrected chi connectivity index (χ1v) is 7.93. The highest BCUT2D eigenvalue weighted by molar-refractivity contribution is 5.82. The number of furan rings is 1. The van der Waals surface area contributed by atoms with E-state index >= 15 is 0 Å². The van der Waals surface area contributed by atoms with Gasteiger partial charge in [0.05, 0.1) is 6.20 Å². The standard InChI is InChI=1S/C18H18N4O/c1-2-3-10-19-17-8-9-18-20-12-14(22(18)21-17)16-11-13-6-4-5-7-15(13)23-16/h4-9,11-12H,2-3,10H2,1H3,(H,19,21). The molecule has 4 aromatic rings. The van der Waals surface area contributed by atoms with Crippen LogP contribution >= 0.6 is 0 Å². The summed E-state index contributed by atoms with van der Waals surface area (Å²) < 4.78 is 7.76. The van der Waals surface area contributed by atoms with Crippen molar-refractivity contribution in [3.63, 3.8) is 0 Å². The monoisotopic (exact) mass is 306 g/mol. The molecule has 4 rings (SSSR count). The van der Waals surface area contributed by atoms with Gasteiger partial charge in [-0.15, -0.1) is 5.10 Å². The van der Waals surface area contributed by atoms with Crippen molar-refractivity contribution in [2.75, 3.05) is 11.9 Å². The van der Waals surface area contributed by atoms with Gasteiger partial charge in [-0.3, -0.25) is 0 Å². The molecule has 0 aliphatic rings. The van der Waals surface area contributed by atoms with Gasteiger partial charge in [0.25, 0.3) is 0 Å². The van der Waals surface area contributed by atoms with Crippen molar-refractivity contribution in [3.05, 3.63) is 48.7 Å². The van der Waals surface area contributed by atoms with Gasteiger partial charge in [0.2, 0.25) is 0 Å². The van der Waals surface area contributed by atoms with Gasteiger partial charge in [-0.05, 0) is 30.7 Å². The third-order valence-corrected chi connectivity index (χ3v) is 3.88. The number of nitrogens with zero attached hydrogens (tertiary/aromatic N) is 3. The van der Waals surface area contributed by atoms with Crippen molar-refractivity contribution in [1.29, 1.82) is 0 Å². The van der Waals surface area contributed by atoms with E-state index in [2.05, 4.69) is 22.3 Å². The lowest BCUT2D eigenvalue weighted by molar-refractivity contribution is 0.625. The SMILES string of the molecule is CCCCNc1ccc2ncc(-c3cc4ccccc4o3)n2n1. The van der Waals surface area contributed by atoms with Crippen LogP contribution in [0, 0.1) is 0 Å². The average molecular weight is 306 g/mol. The first-order chi connectivity index (χ1) is 11.3. The minimum absolute atomic E-state index is 0.775. The van der Waals surface area contributed by atoms with Gasteiger partial charge in [0, 0.05) is 11.9 Å². The molecule has 116 valence electrons. The highest BCUT2D eigenvalue weighted by Crippen LogP contribution is 2.28. The molecule has 0 aliphatic carbocycles. The second-order valence-electron chi connectivity index (χ2n) is 5.56. The molecular formula is C18H18N4O. The van der Waals surface area contributed by atoms with E-state index in [0.29, 0.717) is 0 Å². The zero-order valence-electron chi connectivity index (χ0n) is 13.0. The summed E-state index contributed by atoms with van der Waals surface area (Å²) in [7, 11) is 0. The zero-order valence-corrected chi connectivity index (χ0v) is 13.0. The Kier molecular flexibility index (Phi) is 3.46. The fourth-order valence-electron chi connectivity index (χ4n) is 2.64. The van der Waals surface area contributed by atoms with Crippen molar-refractivity contribution in [3.8, 4) is 11.5 Å². The summed E-state index contributed by atoms with van der Waals surface area (Å²) in [5.41, 5.74) is 2.53. The molecule has 0 atom stereocenters. The summed E-state index contributed by atoms with van der Waals surface area (Å²) in [6.07, 6.45) is 4.08. The fraction of sp³-hybridized carbons (Fsp3) is 0.222. The number of unbranched alkanes of at least 4 members (excludes halogenated alkanes) is 1. The van der Waals surface area contributed by atoms with Crippen LogP contribution in [0.2, 0.25) is 0 Å². The second-order valence-corrected chi connectivity index (χ2v) is 5.56. The van der Waals surface area contributed by atoms with E-state index in [9.17, 15) is 0 Å². The summed E-state index contributed by atoms with van der Waals surface area (Å²) in [5.74, 6) is 1.62. The summed E-state index contributed by atoms with van der Waals surface area (Å²) in [6.45, 7) is 3.09. The molecule has 23 heavy (non-hydrogen) atoms. The van der Waals surface area contributed by atoms with Crippen LogP contribution in [0.25, 0.3) is 28.1 Å². The van der Waals surface area contributed by atoms with Crippen LogP contribution < -0.4 is 5.32 Å². The molecule has 3 heterocycles. The largest absolute Gasteiger partial charge is 0.454 e. The van der Waals surface area contributed by atoms with Crippen molar-refractivity contribution in [2.45, 2.75) is 19.8 Å². The van der Waals surface area contributed by atoms with Gasteiger partial charge in [-0.25, -0.2) is 9.50 Å². The Labute approximate surface area is 134 Å². The Morgan fingerprint density at radius 2 is 2.09 bits per heavy atom. The lowest BCUT2D eigenvalue weighted by Gasteiger charge is -2.05. The number of aromatic nitrogens is 3. The minimum Gasteiger partial charge on any atom is -0.454 e. The van der Waals surface area contributed by atoms with Gasteiger partial charge in [-0.1, -0.05) is 31.5 Å². The van der Waals surface area contributed by atoms with Gasteiger partial charge in [0.15, 0.2) is 11.4 Å². The zero-order chi connectivity index (χ0) is 15.6. The Hall–Kier alpha value is -2.82. The van der Waals surface area contributed by atoms with Crippen LogP contribution in [-0.2, 0) is 0 Å². The molecule has 5 nitrogen and oxygen atoms in total. The molecule has 0 spiro atoms. The lowest BCUT2D eigenvalue weighted by atomic mass is 10.2. The maximum atomic E-state index is 5.94. The van der Waals surface area contributed by atoms with Crippen molar-refractivity contribution in [1.82, 2.24) is 14.6 Å². The second kappa shape index (κ2) is 5.76. The number of hydrogen-bond acceptors (Lipinski definition) is 4.